The SMILES string of the molecule is CC(CN(C)C)C(C)OC(=O)C(c1ccccc1)(c1ccccc1)c1ncc[nH]1. The molecule has 0 aliphatic carbocycles. The van der Waals surface area contributed by atoms with Gasteiger partial charge in [0.2, 0.25) is 0 Å². The summed E-state index contributed by atoms with van der Waals surface area (Å²) in [6.45, 7) is 4.88. The lowest BCUT2D eigenvalue weighted by atomic mass is 9.73. The number of esters is 1. The molecule has 0 aliphatic heterocycles. The summed E-state index contributed by atoms with van der Waals surface area (Å²) in [6.07, 6.45) is 3.16. The van der Waals surface area contributed by atoms with Gasteiger partial charge in [0.05, 0.1) is 0 Å². The molecule has 3 aromatic rings. The molecule has 1 N–H and O–H groups in total. The van der Waals surface area contributed by atoms with Crippen molar-refractivity contribution in [3.63, 3.8) is 0 Å². The van der Waals surface area contributed by atoms with Crippen LogP contribution < -0.4 is 0 Å². The first-order chi connectivity index (χ1) is 14.0. The first kappa shape index (κ1) is 20.8. The Morgan fingerprint density at radius 1 is 1.03 bits per heavy atom. The van der Waals surface area contributed by atoms with E-state index in [-0.39, 0.29) is 18.0 Å². The Kier molecular flexibility index (Phi) is 6.49. The molecule has 152 valence electrons. The van der Waals surface area contributed by atoms with E-state index in [9.17, 15) is 4.79 Å². The van der Waals surface area contributed by atoms with E-state index in [4.69, 9.17) is 4.74 Å². The molecule has 0 saturated heterocycles. The van der Waals surface area contributed by atoms with Crippen LogP contribution in [-0.4, -0.2) is 47.6 Å². The monoisotopic (exact) mass is 391 g/mol. The number of rotatable bonds is 8. The average molecular weight is 392 g/mol. The maximum Gasteiger partial charge on any atom is 0.329 e. The number of imidazole rings is 1. The molecule has 0 radical (unpaired) electrons. The van der Waals surface area contributed by atoms with Crippen molar-refractivity contribution in [3.8, 4) is 0 Å². The number of aromatic nitrogens is 2. The number of aromatic amines is 1. The summed E-state index contributed by atoms with van der Waals surface area (Å²) in [5.74, 6) is 0.408. The fraction of sp³-hybridized carbons (Fsp3) is 0.333. The summed E-state index contributed by atoms with van der Waals surface area (Å²) in [6, 6.07) is 19.4. The Morgan fingerprint density at radius 3 is 2.03 bits per heavy atom. The first-order valence-corrected chi connectivity index (χ1v) is 9.93. The molecule has 2 aromatic carbocycles. The quantitative estimate of drug-likeness (QED) is 0.592. The average Bonchev–Trinajstić information content (AvgIpc) is 3.24. The second-order valence-corrected chi connectivity index (χ2v) is 7.77. The molecule has 0 aliphatic rings. The molecule has 0 spiro atoms. The molecule has 5 nitrogen and oxygen atoms in total. The smallest absolute Gasteiger partial charge is 0.329 e. The van der Waals surface area contributed by atoms with Crippen LogP contribution in [0.5, 0.6) is 0 Å². The van der Waals surface area contributed by atoms with Crippen molar-refractivity contribution in [1.29, 1.82) is 0 Å². The van der Waals surface area contributed by atoms with Crippen LogP contribution in [0.3, 0.4) is 0 Å². The minimum atomic E-state index is -1.17. The number of carbonyl (C=O) groups is 1. The number of ether oxygens (including phenoxy) is 1. The lowest BCUT2D eigenvalue weighted by Gasteiger charge is -2.33. The van der Waals surface area contributed by atoms with Gasteiger partial charge in [0.1, 0.15) is 11.9 Å². The highest BCUT2D eigenvalue weighted by atomic mass is 16.5. The Hall–Kier alpha value is -2.92. The van der Waals surface area contributed by atoms with E-state index in [1.165, 1.54) is 0 Å². The van der Waals surface area contributed by atoms with Crippen LogP contribution in [0.15, 0.2) is 73.1 Å². The normalized spacial score (nSPS) is 13.8. The standard InChI is InChI=1S/C24H29N3O2/c1-18(17-27(3)4)19(2)29-23(28)24(22-25-15-16-26-22,20-11-7-5-8-12-20)21-13-9-6-10-14-21/h5-16,18-19H,17H2,1-4H3,(H,25,26). The molecule has 0 bridgehead atoms. The van der Waals surface area contributed by atoms with Gasteiger partial charge in [0, 0.05) is 24.9 Å². The molecule has 1 heterocycles. The number of nitrogens with one attached hydrogen (secondary N) is 1. The fourth-order valence-electron chi connectivity index (χ4n) is 3.72. The van der Waals surface area contributed by atoms with Crippen LogP contribution in [0.1, 0.15) is 30.8 Å². The summed E-state index contributed by atoms with van der Waals surface area (Å²) in [5, 5.41) is 0. The van der Waals surface area contributed by atoms with Crippen molar-refractivity contribution < 1.29 is 9.53 Å². The lowest BCUT2D eigenvalue weighted by molar-refractivity contribution is -0.155. The van der Waals surface area contributed by atoms with Crippen LogP contribution in [-0.2, 0) is 14.9 Å². The zero-order valence-electron chi connectivity index (χ0n) is 17.5. The Morgan fingerprint density at radius 2 is 1.59 bits per heavy atom. The second kappa shape index (κ2) is 9.05. The van der Waals surface area contributed by atoms with Crippen LogP contribution in [0.4, 0.5) is 0 Å². The van der Waals surface area contributed by atoms with E-state index in [2.05, 4.69) is 21.8 Å². The predicted octanol–water partition coefficient (Wildman–Crippen LogP) is 3.87. The molecule has 5 heteroatoms. The Bertz CT molecular complexity index is 853. The topological polar surface area (TPSA) is 58.2 Å². The third-order valence-electron chi connectivity index (χ3n) is 5.32. The molecular weight excluding hydrogens is 362 g/mol. The van der Waals surface area contributed by atoms with Gasteiger partial charge in [-0.3, -0.25) is 4.79 Å². The summed E-state index contributed by atoms with van der Waals surface area (Å²) in [5.41, 5.74) is 0.468. The van der Waals surface area contributed by atoms with Crippen LogP contribution in [0.2, 0.25) is 0 Å². The molecule has 29 heavy (non-hydrogen) atoms. The van der Waals surface area contributed by atoms with Crippen molar-refractivity contribution in [3.05, 3.63) is 90.0 Å². The molecule has 2 atom stereocenters. The maximum absolute atomic E-state index is 13.9. The van der Waals surface area contributed by atoms with Crippen molar-refractivity contribution in [2.45, 2.75) is 25.4 Å². The molecule has 0 fully saturated rings. The summed E-state index contributed by atoms with van der Waals surface area (Å²) in [7, 11) is 4.04. The fourth-order valence-corrected chi connectivity index (χ4v) is 3.72. The first-order valence-electron chi connectivity index (χ1n) is 9.93. The van der Waals surface area contributed by atoms with E-state index in [0.717, 1.165) is 17.7 Å². The van der Waals surface area contributed by atoms with Gasteiger partial charge >= 0.3 is 5.97 Å². The number of benzene rings is 2. The van der Waals surface area contributed by atoms with Crippen molar-refractivity contribution in [1.82, 2.24) is 14.9 Å². The van der Waals surface area contributed by atoms with Gasteiger partial charge < -0.3 is 14.6 Å². The van der Waals surface area contributed by atoms with Gasteiger partial charge in [0.15, 0.2) is 5.41 Å². The van der Waals surface area contributed by atoms with Gasteiger partial charge in [-0.25, -0.2) is 4.98 Å². The largest absolute Gasteiger partial charge is 0.461 e. The van der Waals surface area contributed by atoms with Gasteiger partial charge in [-0.15, -0.1) is 0 Å². The molecule has 1 aromatic heterocycles. The highest BCUT2D eigenvalue weighted by molar-refractivity contribution is 5.91. The minimum Gasteiger partial charge on any atom is -0.461 e. The van der Waals surface area contributed by atoms with E-state index in [0.29, 0.717) is 5.82 Å². The van der Waals surface area contributed by atoms with Crippen LogP contribution in [0.25, 0.3) is 0 Å². The van der Waals surface area contributed by atoms with Gasteiger partial charge in [0.25, 0.3) is 0 Å². The second-order valence-electron chi connectivity index (χ2n) is 7.77. The van der Waals surface area contributed by atoms with Gasteiger partial charge in [-0.1, -0.05) is 67.6 Å². The number of carbonyl (C=O) groups excluding carboxylic acids is 1. The number of hydrogen-bond acceptors (Lipinski definition) is 4. The Labute approximate surface area is 172 Å². The zero-order chi connectivity index (χ0) is 20.9. The van der Waals surface area contributed by atoms with Crippen LogP contribution in [0, 0.1) is 5.92 Å². The molecule has 0 amide bonds. The lowest BCUT2D eigenvalue weighted by Crippen LogP contribution is -2.43. The highest BCUT2D eigenvalue weighted by Gasteiger charge is 2.48. The zero-order valence-corrected chi connectivity index (χ0v) is 17.5. The van der Waals surface area contributed by atoms with Crippen molar-refractivity contribution in [2.75, 3.05) is 20.6 Å². The summed E-state index contributed by atoms with van der Waals surface area (Å²) in [4.78, 5) is 23.6. The summed E-state index contributed by atoms with van der Waals surface area (Å²) < 4.78 is 6.09. The van der Waals surface area contributed by atoms with Crippen molar-refractivity contribution in [2.24, 2.45) is 5.92 Å². The third-order valence-corrected chi connectivity index (χ3v) is 5.32. The van der Waals surface area contributed by atoms with Crippen molar-refractivity contribution >= 4 is 5.97 Å². The van der Waals surface area contributed by atoms with E-state index < -0.39 is 5.41 Å². The number of hydrogen-bond donors (Lipinski definition) is 1. The van der Waals surface area contributed by atoms with Crippen LogP contribution >= 0.6 is 0 Å². The maximum atomic E-state index is 13.9. The van der Waals surface area contributed by atoms with E-state index in [1.807, 2.05) is 81.7 Å². The predicted molar refractivity (Wildman–Crippen MR) is 115 cm³/mol. The number of nitrogens with zero attached hydrogens (tertiary/aromatic N) is 2. The molecular formula is C24H29N3O2. The van der Waals surface area contributed by atoms with E-state index in [1.54, 1.807) is 12.4 Å². The minimum absolute atomic E-state index is 0.190. The van der Waals surface area contributed by atoms with E-state index >= 15 is 0 Å². The molecule has 3 rings (SSSR count). The highest BCUT2D eigenvalue weighted by Crippen LogP contribution is 2.39. The third kappa shape index (κ3) is 4.25. The Balaban J connectivity index is 2.11. The summed E-state index contributed by atoms with van der Waals surface area (Å²) >= 11 is 0. The van der Waals surface area contributed by atoms with Gasteiger partial charge in [-0.05, 0) is 32.1 Å². The molecule has 2 unspecified atom stereocenters. The molecule has 0 saturated carbocycles. The number of H-pyrrole nitrogens is 1. The van der Waals surface area contributed by atoms with Gasteiger partial charge in [-0.2, -0.15) is 0 Å².